The summed E-state index contributed by atoms with van der Waals surface area (Å²) in [4.78, 5) is 20.5. The van der Waals surface area contributed by atoms with Crippen LogP contribution in [0.3, 0.4) is 0 Å². The van der Waals surface area contributed by atoms with Gasteiger partial charge in [-0.05, 0) is 31.4 Å². The highest BCUT2D eigenvalue weighted by Gasteiger charge is 2.33. The van der Waals surface area contributed by atoms with Crippen molar-refractivity contribution in [3.63, 3.8) is 0 Å². The molecular weight excluding hydrogens is 254 g/mol. The number of carbonyl (C=O) groups excluding carboxylic acids is 1. The second-order valence-electron chi connectivity index (χ2n) is 5.63. The molecule has 1 aliphatic carbocycles. The second-order valence-corrected chi connectivity index (χ2v) is 5.63. The molecule has 1 amide bonds. The molecule has 5 heteroatoms. The van der Waals surface area contributed by atoms with Crippen LogP contribution in [0.5, 0.6) is 0 Å². The Morgan fingerprint density at radius 2 is 1.85 bits per heavy atom. The average molecular weight is 275 g/mol. The van der Waals surface area contributed by atoms with E-state index in [4.69, 9.17) is 0 Å². The van der Waals surface area contributed by atoms with Gasteiger partial charge in [0.25, 0.3) is 5.91 Å². The topological polar surface area (TPSA) is 56.7 Å². The number of aliphatic hydroxyl groups excluding tert-OH is 1. The molecule has 108 valence electrons. The van der Waals surface area contributed by atoms with E-state index in [2.05, 4.69) is 9.88 Å². The number of pyridine rings is 1. The predicted molar refractivity (Wildman–Crippen MR) is 75.4 cm³/mol. The van der Waals surface area contributed by atoms with E-state index in [9.17, 15) is 9.90 Å². The van der Waals surface area contributed by atoms with Crippen LogP contribution in [-0.4, -0.2) is 64.1 Å². The van der Waals surface area contributed by atoms with Crippen molar-refractivity contribution >= 4 is 5.91 Å². The van der Waals surface area contributed by atoms with Crippen molar-refractivity contribution in [1.82, 2.24) is 14.8 Å². The van der Waals surface area contributed by atoms with E-state index in [-0.39, 0.29) is 12.0 Å². The van der Waals surface area contributed by atoms with Gasteiger partial charge < -0.3 is 10.0 Å². The molecule has 2 atom stereocenters. The van der Waals surface area contributed by atoms with Gasteiger partial charge in [-0.3, -0.25) is 14.7 Å². The van der Waals surface area contributed by atoms with Crippen LogP contribution in [0.2, 0.25) is 0 Å². The molecule has 2 heterocycles. The fourth-order valence-corrected chi connectivity index (χ4v) is 3.28. The molecule has 1 aromatic rings. The molecule has 2 aliphatic rings. The Bertz CT molecular complexity index is 457. The quantitative estimate of drug-likeness (QED) is 0.865. The summed E-state index contributed by atoms with van der Waals surface area (Å²) >= 11 is 0. The summed E-state index contributed by atoms with van der Waals surface area (Å²) in [5, 5.41) is 9.97. The zero-order valence-corrected chi connectivity index (χ0v) is 11.6. The number of piperazine rings is 1. The lowest BCUT2D eigenvalue weighted by Gasteiger charge is -2.39. The molecule has 1 N–H and O–H groups in total. The maximum Gasteiger partial charge on any atom is 0.254 e. The minimum atomic E-state index is -0.183. The first-order chi connectivity index (χ1) is 9.75. The highest BCUT2D eigenvalue weighted by atomic mass is 16.3. The van der Waals surface area contributed by atoms with Crippen molar-refractivity contribution in [3.8, 4) is 0 Å². The molecule has 2 fully saturated rings. The Morgan fingerprint density at radius 3 is 2.45 bits per heavy atom. The molecule has 1 saturated heterocycles. The maximum atomic E-state index is 12.3. The Labute approximate surface area is 119 Å². The van der Waals surface area contributed by atoms with Crippen LogP contribution in [0, 0.1) is 0 Å². The van der Waals surface area contributed by atoms with E-state index >= 15 is 0 Å². The third-order valence-corrected chi connectivity index (χ3v) is 4.44. The van der Waals surface area contributed by atoms with Crippen LogP contribution < -0.4 is 0 Å². The molecule has 3 rings (SSSR count). The highest BCUT2D eigenvalue weighted by Crippen LogP contribution is 2.25. The van der Waals surface area contributed by atoms with Gasteiger partial charge in [-0.1, -0.05) is 0 Å². The van der Waals surface area contributed by atoms with Crippen molar-refractivity contribution < 1.29 is 9.90 Å². The smallest absolute Gasteiger partial charge is 0.254 e. The number of aromatic nitrogens is 1. The summed E-state index contributed by atoms with van der Waals surface area (Å²) in [5.41, 5.74) is 0.703. The molecule has 20 heavy (non-hydrogen) atoms. The third-order valence-electron chi connectivity index (χ3n) is 4.44. The first-order valence-corrected chi connectivity index (χ1v) is 7.37. The Morgan fingerprint density at radius 1 is 1.15 bits per heavy atom. The van der Waals surface area contributed by atoms with Crippen molar-refractivity contribution in [2.75, 3.05) is 26.2 Å². The van der Waals surface area contributed by atoms with Crippen molar-refractivity contribution in [2.45, 2.75) is 31.4 Å². The zero-order chi connectivity index (χ0) is 13.9. The maximum absolute atomic E-state index is 12.3. The van der Waals surface area contributed by atoms with Gasteiger partial charge >= 0.3 is 0 Å². The summed E-state index contributed by atoms with van der Waals surface area (Å²) in [5.74, 6) is 0.0824. The van der Waals surface area contributed by atoms with Gasteiger partial charge in [0.2, 0.25) is 0 Å². The molecule has 0 radical (unpaired) electrons. The van der Waals surface area contributed by atoms with Gasteiger partial charge in [-0.2, -0.15) is 0 Å². The Hall–Kier alpha value is -1.46. The third kappa shape index (κ3) is 2.69. The number of hydrogen-bond donors (Lipinski definition) is 1. The fourth-order valence-electron chi connectivity index (χ4n) is 3.28. The summed E-state index contributed by atoms with van der Waals surface area (Å²) in [6.45, 7) is 3.20. The van der Waals surface area contributed by atoms with Gasteiger partial charge in [0.15, 0.2) is 0 Å². The van der Waals surface area contributed by atoms with Gasteiger partial charge in [-0.25, -0.2) is 0 Å². The first-order valence-electron chi connectivity index (χ1n) is 7.37. The molecule has 1 saturated carbocycles. The number of aliphatic hydroxyl groups is 1. The van der Waals surface area contributed by atoms with Crippen molar-refractivity contribution in [2.24, 2.45) is 0 Å². The van der Waals surface area contributed by atoms with Crippen molar-refractivity contribution in [3.05, 3.63) is 30.1 Å². The Balaban J connectivity index is 1.57. The van der Waals surface area contributed by atoms with E-state index < -0.39 is 0 Å². The molecule has 0 aromatic carbocycles. The van der Waals surface area contributed by atoms with E-state index in [0.717, 1.165) is 45.4 Å². The number of rotatable bonds is 2. The van der Waals surface area contributed by atoms with Gasteiger partial charge in [0, 0.05) is 50.2 Å². The number of hydrogen-bond acceptors (Lipinski definition) is 4. The normalized spacial score (nSPS) is 27.8. The predicted octanol–water partition coefficient (Wildman–Crippen LogP) is 0.753. The minimum Gasteiger partial charge on any atom is -0.391 e. The first kappa shape index (κ1) is 13.5. The van der Waals surface area contributed by atoms with Gasteiger partial charge in [0.1, 0.15) is 0 Å². The summed E-state index contributed by atoms with van der Waals surface area (Å²) in [6.07, 6.45) is 6.23. The van der Waals surface area contributed by atoms with Crippen LogP contribution in [-0.2, 0) is 0 Å². The average Bonchev–Trinajstić information content (AvgIpc) is 2.94. The summed E-state index contributed by atoms with van der Waals surface area (Å²) in [6, 6.07) is 3.82. The lowest BCUT2D eigenvalue weighted by atomic mass is 10.1. The van der Waals surface area contributed by atoms with E-state index in [1.54, 1.807) is 24.5 Å². The van der Waals surface area contributed by atoms with Gasteiger partial charge in [0.05, 0.1) is 6.10 Å². The molecular formula is C15H21N3O2. The fraction of sp³-hybridized carbons (Fsp3) is 0.600. The van der Waals surface area contributed by atoms with Crippen LogP contribution in [0.4, 0.5) is 0 Å². The van der Waals surface area contributed by atoms with E-state index in [1.807, 2.05) is 4.90 Å². The summed E-state index contributed by atoms with van der Waals surface area (Å²) in [7, 11) is 0. The monoisotopic (exact) mass is 275 g/mol. The number of carbonyl (C=O) groups is 1. The molecule has 0 bridgehead atoms. The lowest BCUT2D eigenvalue weighted by molar-refractivity contribution is 0.0315. The highest BCUT2D eigenvalue weighted by molar-refractivity contribution is 5.94. The standard InChI is InChI=1S/C15H21N3O2/c19-14-3-1-2-13(14)17-8-10-18(11-9-17)15(20)12-4-6-16-7-5-12/h4-7,13-14,19H,1-3,8-11H2/t13-,14-/m1/s1. The van der Waals surface area contributed by atoms with E-state index in [0.29, 0.717) is 11.6 Å². The number of nitrogens with zero attached hydrogens (tertiary/aromatic N) is 3. The lowest BCUT2D eigenvalue weighted by Crippen LogP contribution is -2.53. The van der Waals surface area contributed by atoms with Crippen molar-refractivity contribution in [1.29, 1.82) is 0 Å². The zero-order valence-electron chi connectivity index (χ0n) is 11.6. The van der Waals surface area contributed by atoms with Crippen LogP contribution in [0.1, 0.15) is 29.6 Å². The molecule has 5 nitrogen and oxygen atoms in total. The van der Waals surface area contributed by atoms with Crippen LogP contribution >= 0.6 is 0 Å². The van der Waals surface area contributed by atoms with Gasteiger partial charge in [-0.15, -0.1) is 0 Å². The number of amides is 1. The molecule has 0 spiro atoms. The minimum absolute atomic E-state index is 0.0824. The molecule has 0 unspecified atom stereocenters. The van der Waals surface area contributed by atoms with Crippen LogP contribution in [0.15, 0.2) is 24.5 Å². The van der Waals surface area contributed by atoms with E-state index in [1.165, 1.54) is 0 Å². The molecule has 1 aliphatic heterocycles. The van der Waals surface area contributed by atoms with Crippen LogP contribution in [0.25, 0.3) is 0 Å². The largest absolute Gasteiger partial charge is 0.391 e. The molecule has 1 aromatic heterocycles. The second kappa shape index (κ2) is 5.89. The Kier molecular flexibility index (Phi) is 3.98. The SMILES string of the molecule is O=C(c1ccncc1)N1CCN([C@@H]2CCC[C@H]2O)CC1. The summed E-state index contributed by atoms with van der Waals surface area (Å²) < 4.78 is 0.